The maximum Gasteiger partial charge on any atom is 0.146 e. The van der Waals surface area contributed by atoms with E-state index < -0.39 is 0 Å². The van der Waals surface area contributed by atoms with Crippen molar-refractivity contribution in [2.75, 3.05) is 0 Å². The molecule has 1 aromatic carbocycles. The van der Waals surface area contributed by atoms with Crippen molar-refractivity contribution in [1.82, 2.24) is 10.3 Å². The van der Waals surface area contributed by atoms with Gasteiger partial charge < -0.3 is 10.1 Å². The second-order valence-electron chi connectivity index (χ2n) is 5.66. The van der Waals surface area contributed by atoms with E-state index in [0.29, 0.717) is 6.04 Å². The molecule has 1 N–H and O–H groups in total. The summed E-state index contributed by atoms with van der Waals surface area (Å²) in [5.74, 6) is 1.55. The van der Waals surface area contributed by atoms with Gasteiger partial charge in [-0.25, -0.2) is 0 Å². The first-order valence-corrected chi connectivity index (χ1v) is 7.61. The van der Waals surface area contributed by atoms with Crippen molar-refractivity contribution < 1.29 is 4.74 Å². The lowest BCUT2D eigenvalue weighted by atomic mass is 10.1. The van der Waals surface area contributed by atoms with Crippen molar-refractivity contribution in [3.63, 3.8) is 0 Å². The van der Waals surface area contributed by atoms with Crippen LogP contribution in [0, 0.1) is 13.8 Å². The number of rotatable bonds is 5. The minimum atomic E-state index is 0.691. The maximum absolute atomic E-state index is 6.18. The molecule has 21 heavy (non-hydrogen) atoms. The van der Waals surface area contributed by atoms with Crippen molar-refractivity contribution in [1.29, 1.82) is 0 Å². The highest BCUT2D eigenvalue weighted by molar-refractivity contribution is 6.32. The molecule has 1 aliphatic rings. The van der Waals surface area contributed by atoms with Gasteiger partial charge in [0.05, 0.1) is 6.20 Å². The number of nitrogens with zero attached hydrogens (tertiary/aromatic N) is 1. The Bertz CT molecular complexity index is 630. The first-order valence-electron chi connectivity index (χ1n) is 7.24. The number of hydrogen-bond acceptors (Lipinski definition) is 3. The largest absolute Gasteiger partial charge is 0.456 e. The summed E-state index contributed by atoms with van der Waals surface area (Å²) >= 11 is 6.18. The van der Waals surface area contributed by atoms with Crippen molar-refractivity contribution in [3.8, 4) is 11.5 Å². The van der Waals surface area contributed by atoms with E-state index in [1.165, 1.54) is 12.8 Å². The van der Waals surface area contributed by atoms with E-state index in [1.807, 2.05) is 38.2 Å². The normalized spacial score (nSPS) is 14.2. The van der Waals surface area contributed by atoms with Crippen LogP contribution in [0.25, 0.3) is 0 Å². The molecule has 0 amide bonds. The molecule has 0 bridgehead atoms. The van der Waals surface area contributed by atoms with E-state index in [1.54, 1.807) is 6.20 Å². The summed E-state index contributed by atoms with van der Waals surface area (Å²) in [5.41, 5.74) is 3.18. The van der Waals surface area contributed by atoms with Gasteiger partial charge in [0.2, 0.25) is 0 Å². The number of hydrogen-bond donors (Lipinski definition) is 1. The van der Waals surface area contributed by atoms with Crippen LogP contribution < -0.4 is 10.1 Å². The fraction of sp³-hybridized carbons (Fsp3) is 0.353. The number of halogens is 1. The van der Waals surface area contributed by atoms with Crippen molar-refractivity contribution in [3.05, 3.63) is 52.3 Å². The van der Waals surface area contributed by atoms with E-state index in [9.17, 15) is 0 Å². The summed E-state index contributed by atoms with van der Waals surface area (Å²) in [6.07, 6.45) is 6.18. The Kier molecular flexibility index (Phi) is 4.13. The number of ether oxygens (including phenoxy) is 1. The Morgan fingerprint density at radius 2 is 1.86 bits per heavy atom. The van der Waals surface area contributed by atoms with Gasteiger partial charge in [0.25, 0.3) is 0 Å². The highest BCUT2D eigenvalue weighted by Gasteiger charge is 2.20. The third-order valence-corrected chi connectivity index (χ3v) is 4.18. The summed E-state index contributed by atoms with van der Waals surface area (Å²) in [5, 5.41) is 4.27. The molecule has 110 valence electrons. The summed E-state index contributed by atoms with van der Waals surface area (Å²) < 4.78 is 5.91. The zero-order valence-corrected chi connectivity index (χ0v) is 13.1. The van der Waals surface area contributed by atoms with Crippen LogP contribution >= 0.6 is 11.6 Å². The Morgan fingerprint density at radius 3 is 2.52 bits per heavy atom. The minimum Gasteiger partial charge on any atom is -0.456 e. The highest BCUT2D eigenvalue weighted by atomic mass is 35.5. The Labute approximate surface area is 130 Å². The van der Waals surface area contributed by atoms with Crippen LogP contribution in [0.15, 0.2) is 30.6 Å². The molecule has 4 heteroatoms. The van der Waals surface area contributed by atoms with E-state index in [-0.39, 0.29) is 0 Å². The fourth-order valence-electron chi connectivity index (χ4n) is 2.27. The van der Waals surface area contributed by atoms with Crippen LogP contribution in [-0.4, -0.2) is 11.0 Å². The zero-order chi connectivity index (χ0) is 14.8. The summed E-state index contributed by atoms with van der Waals surface area (Å²) in [4.78, 5) is 4.25. The molecule has 3 nitrogen and oxygen atoms in total. The Morgan fingerprint density at radius 1 is 1.14 bits per heavy atom. The molecule has 1 aliphatic carbocycles. The zero-order valence-electron chi connectivity index (χ0n) is 12.3. The topological polar surface area (TPSA) is 34.1 Å². The molecular weight excluding hydrogens is 284 g/mol. The van der Waals surface area contributed by atoms with Gasteiger partial charge in [-0.05, 0) is 61.6 Å². The van der Waals surface area contributed by atoms with Gasteiger partial charge in [-0.15, -0.1) is 0 Å². The predicted molar refractivity (Wildman–Crippen MR) is 85.1 cm³/mol. The smallest absolute Gasteiger partial charge is 0.146 e. The van der Waals surface area contributed by atoms with E-state index >= 15 is 0 Å². The van der Waals surface area contributed by atoms with Crippen LogP contribution in [0.5, 0.6) is 11.5 Å². The Balaban J connectivity index is 1.73. The molecule has 3 rings (SSSR count). The second kappa shape index (κ2) is 6.04. The van der Waals surface area contributed by atoms with Gasteiger partial charge in [-0.3, -0.25) is 4.98 Å². The molecule has 1 aromatic heterocycles. The molecule has 2 aromatic rings. The lowest BCUT2D eigenvalue weighted by molar-refractivity contribution is 0.478. The number of aromatic nitrogens is 1. The third kappa shape index (κ3) is 3.74. The van der Waals surface area contributed by atoms with Crippen molar-refractivity contribution in [2.24, 2.45) is 0 Å². The van der Waals surface area contributed by atoms with Crippen LogP contribution in [0.1, 0.15) is 29.5 Å². The number of benzene rings is 1. The number of pyridine rings is 1. The fourth-order valence-corrected chi connectivity index (χ4v) is 2.38. The monoisotopic (exact) mass is 302 g/mol. The van der Waals surface area contributed by atoms with Gasteiger partial charge in [-0.1, -0.05) is 11.6 Å². The third-order valence-electron chi connectivity index (χ3n) is 3.59. The summed E-state index contributed by atoms with van der Waals surface area (Å²) in [6, 6.07) is 6.62. The van der Waals surface area contributed by atoms with Gasteiger partial charge in [-0.2, -0.15) is 0 Å². The summed E-state index contributed by atoms with van der Waals surface area (Å²) in [6.45, 7) is 4.81. The molecule has 0 aliphatic heterocycles. The van der Waals surface area contributed by atoms with Crippen LogP contribution in [-0.2, 0) is 6.54 Å². The molecular formula is C17H19ClN2O. The van der Waals surface area contributed by atoms with Gasteiger partial charge in [0.1, 0.15) is 11.5 Å². The van der Waals surface area contributed by atoms with E-state index in [4.69, 9.17) is 16.3 Å². The molecule has 1 saturated carbocycles. The predicted octanol–water partition coefficient (Wildman–Crippen LogP) is 4.40. The average Bonchev–Trinajstić information content (AvgIpc) is 3.27. The highest BCUT2D eigenvalue weighted by Crippen LogP contribution is 2.29. The average molecular weight is 303 g/mol. The SMILES string of the molecule is Cc1cc(Oc2cncc(CNC3CC3)c2)cc(C)c1Cl. The molecule has 1 fully saturated rings. The number of nitrogens with one attached hydrogen (secondary N) is 1. The molecule has 0 atom stereocenters. The molecule has 1 heterocycles. The molecule has 0 radical (unpaired) electrons. The quantitative estimate of drug-likeness (QED) is 0.889. The van der Waals surface area contributed by atoms with E-state index in [0.717, 1.165) is 39.8 Å². The summed E-state index contributed by atoms with van der Waals surface area (Å²) in [7, 11) is 0. The first-order chi connectivity index (χ1) is 10.1. The standard InChI is InChI=1S/C17H19ClN2O/c1-11-5-15(6-12(2)17(11)18)21-16-7-13(8-19-10-16)9-20-14-3-4-14/h5-8,10,14,20H,3-4,9H2,1-2H3. The lowest BCUT2D eigenvalue weighted by Crippen LogP contribution is -2.15. The van der Waals surface area contributed by atoms with Gasteiger partial charge in [0.15, 0.2) is 0 Å². The van der Waals surface area contributed by atoms with Crippen LogP contribution in [0.3, 0.4) is 0 Å². The van der Waals surface area contributed by atoms with Crippen molar-refractivity contribution in [2.45, 2.75) is 39.3 Å². The van der Waals surface area contributed by atoms with Crippen LogP contribution in [0.4, 0.5) is 0 Å². The molecule has 0 spiro atoms. The van der Waals surface area contributed by atoms with Crippen molar-refractivity contribution >= 4 is 11.6 Å². The maximum atomic E-state index is 6.18. The van der Waals surface area contributed by atoms with Gasteiger partial charge in [0, 0.05) is 23.8 Å². The lowest BCUT2D eigenvalue weighted by Gasteiger charge is -2.10. The van der Waals surface area contributed by atoms with Gasteiger partial charge >= 0.3 is 0 Å². The van der Waals surface area contributed by atoms with Crippen LogP contribution in [0.2, 0.25) is 5.02 Å². The molecule has 0 saturated heterocycles. The Hall–Kier alpha value is -1.58. The minimum absolute atomic E-state index is 0.691. The second-order valence-corrected chi connectivity index (χ2v) is 6.04. The number of aryl methyl sites for hydroxylation is 2. The van der Waals surface area contributed by atoms with E-state index in [2.05, 4.69) is 10.3 Å². The first kappa shape index (κ1) is 14.4. The molecule has 0 unspecified atom stereocenters.